The normalized spacial score (nSPS) is 11.6. The largest absolute Gasteiger partial charge is 0.405 e. The maximum atomic E-state index is 12.3. The zero-order valence-electron chi connectivity index (χ0n) is 12.7. The Hall–Kier alpha value is -2.76. The first-order chi connectivity index (χ1) is 11.4. The number of benzene rings is 2. The summed E-state index contributed by atoms with van der Waals surface area (Å²) in [6, 6.07) is 16.8. The molecular formula is C18H15F3N2O. The van der Waals surface area contributed by atoms with Gasteiger partial charge in [-0.25, -0.2) is 0 Å². The molecule has 0 spiro atoms. The van der Waals surface area contributed by atoms with Crippen molar-refractivity contribution in [2.45, 2.75) is 12.7 Å². The first-order valence-electron chi connectivity index (χ1n) is 7.41. The number of nitrogens with one attached hydrogen (secondary N) is 1. The number of aromatic nitrogens is 1. The molecule has 6 heteroatoms. The van der Waals surface area contributed by atoms with Crippen molar-refractivity contribution in [2.24, 2.45) is 0 Å². The Morgan fingerprint density at radius 3 is 2.38 bits per heavy atom. The van der Waals surface area contributed by atoms with E-state index in [0.717, 1.165) is 11.1 Å². The standard InChI is InChI=1S/C18H15F3N2O/c19-18(20,21)12-22-17(24)15-11-23(10-13-6-2-1-3-7-13)16-9-5-4-8-14(15)16/h1-9,11H,10,12H2,(H,22,24). The molecule has 1 amide bonds. The first kappa shape index (κ1) is 16.1. The van der Waals surface area contributed by atoms with Crippen molar-refractivity contribution in [2.75, 3.05) is 6.54 Å². The third-order valence-electron chi connectivity index (χ3n) is 3.68. The Kier molecular flexibility index (Phi) is 4.29. The van der Waals surface area contributed by atoms with Crippen LogP contribution in [-0.2, 0) is 6.54 Å². The van der Waals surface area contributed by atoms with Crippen molar-refractivity contribution < 1.29 is 18.0 Å². The lowest BCUT2D eigenvalue weighted by Crippen LogP contribution is -2.33. The number of carbonyl (C=O) groups excluding carboxylic acids is 1. The number of fused-ring (bicyclic) bond motifs is 1. The summed E-state index contributed by atoms with van der Waals surface area (Å²) in [7, 11) is 0. The third kappa shape index (κ3) is 3.59. The summed E-state index contributed by atoms with van der Waals surface area (Å²) >= 11 is 0. The fraction of sp³-hybridized carbons (Fsp3) is 0.167. The van der Waals surface area contributed by atoms with Crippen LogP contribution in [0.1, 0.15) is 15.9 Å². The molecule has 0 bridgehead atoms. The molecule has 3 nitrogen and oxygen atoms in total. The maximum Gasteiger partial charge on any atom is 0.405 e. The van der Waals surface area contributed by atoms with Crippen molar-refractivity contribution >= 4 is 16.8 Å². The molecule has 0 aliphatic carbocycles. The SMILES string of the molecule is O=C(NCC(F)(F)F)c1cn(Cc2ccccc2)c2ccccc12. The molecule has 3 aromatic rings. The van der Waals surface area contributed by atoms with E-state index >= 15 is 0 Å². The average molecular weight is 332 g/mol. The topological polar surface area (TPSA) is 34.0 Å². The molecule has 0 aliphatic rings. The molecule has 24 heavy (non-hydrogen) atoms. The molecule has 0 fully saturated rings. The van der Waals surface area contributed by atoms with E-state index in [1.54, 1.807) is 18.3 Å². The first-order valence-corrected chi connectivity index (χ1v) is 7.41. The van der Waals surface area contributed by atoms with Crippen LogP contribution in [-0.4, -0.2) is 23.2 Å². The quantitative estimate of drug-likeness (QED) is 0.770. The lowest BCUT2D eigenvalue weighted by atomic mass is 10.1. The Morgan fingerprint density at radius 2 is 1.67 bits per heavy atom. The number of halogens is 3. The molecule has 0 radical (unpaired) electrons. The van der Waals surface area contributed by atoms with Gasteiger partial charge in [-0.1, -0.05) is 48.5 Å². The zero-order chi connectivity index (χ0) is 17.2. The molecule has 1 aromatic heterocycles. The van der Waals surface area contributed by atoms with E-state index in [4.69, 9.17) is 0 Å². The van der Waals surface area contributed by atoms with Gasteiger partial charge in [-0.05, 0) is 11.6 Å². The van der Waals surface area contributed by atoms with Crippen LogP contribution in [0.25, 0.3) is 10.9 Å². The summed E-state index contributed by atoms with van der Waals surface area (Å²) in [5, 5.41) is 2.56. The van der Waals surface area contributed by atoms with Crippen LogP contribution in [0.4, 0.5) is 13.2 Å². The van der Waals surface area contributed by atoms with Gasteiger partial charge < -0.3 is 9.88 Å². The molecule has 0 atom stereocenters. The molecule has 0 saturated carbocycles. The number of nitrogens with zero attached hydrogens (tertiary/aromatic N) is 1. The van der Waals surface area contributed by atoms with E-state index in [1.807, 2.05) is 52.3 Å². The second-order valence-corrected chi connectivity index (χ2v) is 5.47. The zero-order valence-corrected chi connectivity index (χ0v) is 12.7. The Bertz CT molecular complexity index is 854. The van der Waals surface area contributed by atoms with E-state index in [9.17, 15) is 18.0 Å². The fourth-order valence-electron chi connectivity index (χ4n) is 2.61. The number of rotatable bonds is 4. The van der Waals surface area contributed by atoms with Crippen molar-refractivity contribution in [3.05, 3.63) is 71.9 Å². The van der Waals surface area contributed by atoms with E-state index in [0.29, 0.717) is 11.9 Å². The summed E-state index contributed by atoms with van der Waals surface area (Å²) < 4.78 is 38.8. The summed E-state index contributed by atoms with van der Waals surface area (Å²) in [6.07, 6.45) is -2.83. The highest BCUT2D eigenvalue weighted by atomic mass is 19.4. The van der Waals surface area contributed by atoms with Gasteiger partial charge >= 0.3 is 6.18 Å². The van der Waals surface area contributed by atoms with Gasteiger partial charge in [-0.2, -0.15) is 13.2 Å². The molecule has 0 unspecified atom stereocenters. The Morgan fingerprint density at radius 1 is 1.00 bits per heavy atom. The molecule has 1 heterocycles. The third-order valence-corrected chi connectivity index (χ3v) is 3.68. The van der Waals surface area contributed by atoms with Gasteiger partial charge in [0.15, 0.2) is 0 Å². The van der Waals surface area contributed by atoms with Crippen LogP contribution in [0.5, 0.6) is 0 Å². The van der Waals surface area contributed by atoms with Crippen molar-refractivity contribution in [3.8, 4) is 0 Å². The van der Waals surface area contributed by atoms with Gasteiger partial charge in [0.1, 0.15) is 6.54 Å². The van der Waals surface area contributed by atoms with Gasteiger partial charge in [0.05, 0.1) is 5.56 Å². The highest BCUT2D eigenvalue weighted by molar-refractivity contribution is 6.07. The lowest BCUT2D eigenvalue weighted by molar-refractivity contribution is -0.123. The minimum absolute atomic E-state index is 0.241. The molecule has 0 saturated heterocycles. The van der Waals surface area contributed by atoms with E-state index in [1.165, 1.54) is 0 Å². The summed E-state index contributed by atoms with van der Waals surface area (Å²) in [4.78, 5) is 12.1. The molecule has 124 valence electrons. The van der Waals surface area contributed by atoms with Crippen LogP contribution in [0.3, 0.4) is 0 Å². The van der Waals surface area contributed by atoms with E-state index < -0.39 is 18.6 Å². The number of amides is 1. The molecular weight excluding hydrogens is 317 g/mol. The smallest absolute Gasteiger partial charge is 0.343 e. The molecule has 3 rings (SSSR count). The molecule has 0 aliphatic heterocycles. The highest BCUT2D eigenvalue weighted by Crippen LogP contribution is 2.23. The second kappa shape index (κ2) is 6.39. The van der Waals surface area contributed by atoms with Crippen LogP contribution < -0.4 is 5.32 Å². The minimum Gasteiger partial charge on any atom is -0.343 e. The minimum atomic E-state index is -4.43. The van der Waals surface area contributed by atoms with E-state index in [-0.39, 0.29) is 5.56 Å². The lowest BCUT2D eigenvalue weighted by Gasteiger charge is -2.07. The average Bonchev–Trinajstić information content (AvgIpc) is 2.92. The maximum absolute atomic E-state index is 12.3. The second-order valence-electron chi connectivity index (χ2n) is 5.47. The van der Waals surface area contributed by atoms with Gasteiger partial charge in [-0.3, -0.25) is 4.79 Å². The summed E-state index contributed by atoms with van der Waals surface area (Å²) in [6.45, 7) is -0.808. The van der Waals surface area contributed by atoms with Crippen LogP contribution in [0.15, 0.2) is 60.8 Å². The Balaban J connectivity index is 1.93. The summed E-state index contributed by atoms with van der Waals surface area (Å²) in [5.74, 6) is -0.727. The van der Waals surface area contributed by atoms with Crippen LogP contribution in [0.2, 0.25) is 0 Å². The number of hydrogen-bond acceptors (Lipinski definition) is 1. The van der Waals surface area contributed by atoms with Crippen LogP contribution >= 0.6 is 0 Å². The predicted molar refractivity (Wildman–Crippen MR) is 85.9 cm³/mol. The number of hydrogen-bond donors (Lipinski definition) is 1. The van der Waals surface area contributed by atoms with Crippen LogP contribution in [0, 0.1) is 0 Å². The van der Waals surface area contributed by atoms with Gasteiger partial charge in [0, 0.05) is 23.6 Å². The monoisotopic (exact) mass is 332 g/mol. The van der Waals surface area contributed by atoms with Crippen molar-refractivity contribution in [1.29, 1.82) is 0 Å². The highest BCUT2D eigenvalue weighted by Gasteiger charge is 2.28. The van der Waals surface area contributed by atoms with E-state index in [2.05, 4.69) is 0 Å². The molecule has 1 N–H and O–H groups in total. The summed E-state index contributed by atoms with van der Waals surface area (Å²) in [5.41, 5.74) is 2.09. The van der Waals surface area contributed by atoms with Crippen molar-refractivity contribution in [1.82, 2.24) is 9.88 Å². The van der Waals surface area contributed by atoms with Gasteiger partial charge in [0.25, 0.3) is 5.91 Å². The molecule has 2 aromatic carbocycles. The van der Waals surface area contributed by atoms with Gasteiger partial charge in [-0.15, -0.1) is 0 Å². The number of carbonyl (C=O) groups is 1. The number of alkyl halides is 3. The van der Waals surface area contributed by atoms with Crippen molar-refractivity contribution in [3.63, 3.8) is 0 Å². The Labute approximate surface area is 136 Å². The number of para-hydroxylation sites is 1. The van der Waals surface area contributed by atoms with Gasteiger partial charge in [0.2, 0.25) is 0 Å². The predicted octanol–water partition coefficient (Wildman–Crippen LogP) is 3.98. The fourth-order valence-corrected chi connectivity index (χ4v) is 2.61.